The molecule has 3 aromatic carbocycles. The van der Waals surface area contributed by atoms with Crippen molar-refractivity contribution in [1.82, 2.24) is 10.2 Å². The van der Waals surface area contributed by atoms with Gasteiger partial charge in [-0.3, -0.25) is 13.9 Å². The first kappa shape index (κ1) is 28.8. The van der Waals surface area contributed by atoms with Gasteiger partial charge in [-0.2, -0.15) is 0 Å². The second-order valence-electron chi connectivity index (χ2n) is 9.24. The van der Waals surface area contributed by atoms with Gasteiger partial charge in [-0.25, -0.2) is 12.8 Å². The van der Waals surface area contributed by atoms with Crippen LogP contribution in [-0.4, -0.2) is 50.5 Å². The highest BCUT2D eigenvalue weighted by Gasteiger charge is 2.33. The average molecular weight is 540 g/mol. The normalized spacial score (nSPS) is 12.0. The Labute approximate surface area is 224 Å². The number of halogens is 1. The van der Waals surface area contributed by atoms with E-state index in [9.17, 15) is 22.4 Å². The number of benzene rings is 3. The zero-order valence-electron chi connectivity index (χ0n) is 22.1. The molecule has 0 bridgehead atoms. The molecule has 3 rings (SSSR count). The minimum absolute atomic E-state index is 0.00184. The van der Waals surface area contributed by atoms with Crippen LogP contribution in [-0.2, 0) is 32.6 Å². The van der Waals surface area contributed by atoms with Crippen LogP contribution in [0.4, 0.5) is 10.1 Å². The Kier molecular flexibility index (Phi) is 9.63. The Morgan fingerprint density at radius 1 is 0.921 bits per heavy atom. The summed E-state index contributed by atoms with van der Waals surface area (Å²) in [6.45, 7) is 5.33. The molecule has 0 aliphatic carbocycles. The highest BCUT2D eigenvalue weighted by molar-refractivity contribution is 7.92. The van der Waals surface area contributed by atoms with Crippen molar-refractivity contribution in [2.45, 2.75) is 39.8 Å². The van der Waals surface area contributed by atoms with Crippen molar-refractivity contribution in [2.24, 2.45) is 0 Å². The summed E-state index contributed by atoms with van der Waals surface area (Å²) in [7, 11) is -3.84. The summed E-state index contributed by atoms with van der Waals surface area (Å²) >= 11 is 0. The van der Waals surface area contributed by atoms with Crippen LogP contribution in [0.15, 0.2) is 72.8 Å². The Morgan fingerprint density at radius 3 is 2.18 bits per heavy atom. The van der Waals surface area contributed by atoms with E-state index in [1.807, 2.05) is 43.3 Å². The lowest BCUT2D eigenvalue weighted by Crippen LogP contribution is -2.53. The Balaban J connectivity index is 2.06. The predicted octanol–water partition coefficient (Wildman–Crippen LogP) is 3.98. The average Bonchev–Trinajstić information content (AvgIpc) is 2.87. The maximum atomic E-state index is 13.9. The van der Waals surface area contributed by atoms with Crippen molar-refractivity contribution >= 4 is 27.5 Å². The molecule has 38 heavy (non-hydrogen) atoms. The predicted molar refractivity (Wildman–Crippen MR) is 148 cm³/mol. The van der Waals surface area contributed by atoms with Crippen molar-refractivity contribution in [3.8, 4) is 0 Å². The lowest BCUT2D eigenvalue weighted by Gasteiger charge is -2.33. The number of sulfonamides is 1. The fourth-order valence-electron chi connectivity index (χ4n) is 4.23. The van der Waals surface area contributed by atoms with Gasteiger partial charge in [-0.15, -0.1) is 0 Å². The summed E-state index contributed by atoms with van der Waals surface area (Å²) in [6.07, 6.45) is 1.28. The van der Waals surface area contributed by atoms with Gasteiger partial charge in [0.1, 0.15) is 18.4 Å². The molecule has 0 saturated carbocycles. The zero-order valence-corrected chi connectivity index (χ0v) is 23.0. The standard InChI is InChI=1S/C29H34FN3O4S/c1-5-31-29(35)27(18-23-11-7-6-8-12-23)32(19-24-14-16-25(30)17-15-24)28(34)20-33(38(4,36)37)26-13-9-10-21(2)22(26)3/h6-17,27H,5,18-20H2,1-4H3,(H,31,35)/t27-/m1/s1. The molecule has 0 unspecified atom stereocenters. The minimum atomic E-state index is -3.84. The van der Waals surface area contributed by atoms with Gasteiger partial charge in [-0.05, 0) is 61.2 Å². The van der Waals surface area contributed by atoms with Gasteiger partial charge >= 0.3 is 0 Å². The molecule has 1 atom stereocenters. The van der Waals surface area contributed by atoms with E-state index in [0.29, 0.717) is 17.8 Å². The van der Waals surface area contributed by atoms with Crippen LogP contribution >= 0.6 is 0 Å². The fraction of sp³-hybridized carbons (Fsp3) is 0.310. The molecule has 0 spiro atoms. The SMILES string of the molecule is CCNC(=O)[C@@H](Cc1ccccc1)N(Cc1ccc(F)cc1)C(=O)CN(c1cccc(C)c1C)S(C)(=O)=O. The molecule has 0 fully saturated rings. The van der Waals surface area contributed by atoms with Crippen LogP contribution < -0.4 is 9.62 Å². The minimum Gasteiger partial charge on any atom is -0.355 e. The van der Waals surface area contributed by atoms with Crippen molar-refractivity contribution in [3.05, 3.63) is 101 Å². The summed E-state index contributed by atoms with van der Waals surface area (Å²) in [4.78, 5) is 28.6. The highest BCUT2D eigenvalue weighted by Crippen LogP contribution is 2.26. The first-order valence-corrected chi connectivity index (χ1v) is 14.3. The van der Waals surface area contributed by atoms with Crippen molar-refractivity contribution in [3.63, 3.8) is 0 Å². The third-order valence-corrected chi connectivity index (χ3v) is 7.54. The maximum absolute atomic E-state index is 13.9. The lowest BCUT2D eigenvalue weighted by atomic mass is 10.0. The molecule has 2 amide bonds. The number of rotatable bonds is 11. The first-order chi connectivity index (χ1) is 18.0. The molecule has 0 aromatic heterocycles. The lowest BCUT2D eigenvalue weighted by molar-refractivity contribution is -0.140. The van der Waals surface area contributed by atoms with Crippen LogP contribution in [0.5, 0.6) is 0 Å². The van der Waals surface area contributed by atoms with Gasteiger partial charge in [0.2, 0.25) is 21.8 Å². The molecule has 0 aliphatic heterocycles. The number of likely N-dealkylation sites (N-methyl/N-ethyl adjacent to an activating group) is 1. The third kappa shape index (κ3) is 7.41. The van der Waals surface area contributed by atoms with E-state index >= 15 is 0 Å². The molecule has 202 valence electrons. The number of anilines is 1. The highest BCUT2D eigenvalue weighted by atomic mass is 32.2. The van der Waals surface area contributed by atoms with Crippen molar-refractivity contribution in [2.75, 3.05) is 23.7 Å². The van der Waals surface area contributed by atoms with E-state index in [1.54, 1.807) is 38.1 Å². The van der Waals surface area contributed by atoms with E-state index in [2.05, 4.69) is 5.32 Å². The molecule has 0 aliphatic rings. The van der Waals surface area contributed by atoms with Gasteiger partial charge in [0, 0.05) is 19.5 Å². The van der Waals surface area contributed by atoms with E-state index in [0.717, 1.165) is 27.3 Å². The van der Waals surface area contributed by atoms with Crippen LogP contribution in [0.1, 0.15) is 29.2 Å². The monoisotopic (exact) mass is 539 g/mol. The first-order valence-electron chi connectivity index (χ1n) is 12.4. The summed E-state index contributed by atoms with van der Waals surface area (Å²) in [5, 5.41) is 2.80. The Hall–Kier alpha value is -3.72. The Morgan fingerprint density at radius 2 is 1.58 bits per heavy atom. The van der Waals surface area contributed by atoms with Crippen LogP contribution in [0.2, 0.25) is 0 Å². The number of hydrogen-bond acceptors (Lipinski definition) is 4. The fourth-order valence-corrected chi connectivity index (χ4v) is 5.13. The van der Waals surface area contributed by atoms with Crippen molar-refractivity contribution < 1.29 is 22.4 Å². The molecule has 0 saturated heterocycles. The number of nitrogens with zero attached hydrogens (tertiary/aromatic N) is 2. The van der Waals surface area contributed by atoms with Crippen LogP contribution in [0.3, 0.4) is 0 Å². The van der Waals surface area contributed by atoms with E-state index in [4.69, 9.17) is 0 Å². The zero-order chi connectivity index (χ0) is 27.9. The number of amides is 2. The van der Waals surface area contributed by atoms with Gasteiger partial charge in [-0.1, -0.05) is 54.6 Å². The number of aryl methyl sites for hydroxylation is 1. The molecule has 0 heterocycles. The van der Waals surface area contributed by atoms with E-state index in [1.165, 1.54) is 17.0 Å². The number of carbonyl (C=O) groups is 2. The van der Waals surface area contributed by atoms with Gasteiger partial charge in [0.05, 0.1) is 11.9 Å². The van der Waals surface area contributed by atoms with Crippen molar-refractivity contribution in [1.29, 1.82) is 0 Å². The van der Waals surface area contributed by atoms with Crippen LogP contribution in [0, 0.1) is 19.7 Å². The third-order valence-electron chi connectivity index (χ3n) is 6.41. The molecule has 3 aromatic rings. The summed E-state index contributed by atoms with van der Waals surface area (Å²) in [5.74, 6) is -1.33. The number of carbonyl (C=O) groups excluding carboxylic acids is 2. The second-order valence-corrected chi connectivity index (χ2v) is 11.1. The maximum Gasteiger partial charge on any atom is 0.244 e. The van der Waals surface area contributed by atoms with E-state index in [-0.39, 0.29) is 18.9 Å². The summed E-state index contributed by atoms with van der Waals surface area (Å²) in [6, 6.07) is 19.3. The topological polar surface area (TPSA) is 86.8 Å². The van der Waals surface area contributed by atoms with Gasteiger partial charge < -0.3 is 10.2 Å². The molecular weight excluding hydrogens is 505 g/mol. The van der Waals surface area contributed by atoms with E-state index < -0.39 is 34.3 Å². The van der Waals surface area contributed by atoms with Gasteiger partial charge in [0.25, 0.3) is 0 Å². The molecule has 0 radical (unpaired) electrons. The molecule has 1 N–H and O–H groups in total. The summed E-state index contributed by atoms with van der Waals surface area (Å²) in [5.41, 5.74) is 3.48. The Bertz CT molecular complexity index is 1360. The number of nitrogens with one attached hydrogen (secondary N) is 1. The van der Waals surface area contributed by atoms with Gasteiger partial charge in [0.15, 0.2) is 0 Å². The molecule has 9 heteroatoms. The quantitative estimate of drug-likeness (QED) is 0.399. The smallest absolute Gasteiger partial charge is 0.244 e. The second kappa shape index (κ2) is 12.7. The van der Waals surface area contributed by atoms with Crippen LogP contribution in [0.25, 0.3) is 0 Å². The summed E-state index contributed by atoms with van der Waals surface area (Å²) < 4.78 is 40.4. The number of hydrogen-bond donors (Lipinski definition) is 1. The molecular formula is C29H34FN3O4S. The largest absolute Gasteiger partial charge is 0.355 e. The molecule has 7 nitrogen and oxygen atoms in total.